The van der Waals surface area contributed by atoms with Crippen molar-refractivity contribution in [3.63, 3.8) is 0 Å². The Hall–Kier alpha value is -2.02. The van der Waals surface area contributed by atoms with Crippen LogP contribution < -0.4 is 5.32 Å². The maximum atomic E-state index is 11.4. The lowest BCUT2D eigenvalue weighted by atomic mass is 10.2. The van der Waals surface area contributed by atoms with Crippen LogP contribution in [0.2, 0.25) is 0 Å². The van der Waals surface area contributed by atoms with E-state index in [1.54, 1.807) is 6.92 Å². The smallest absolute Gasteiger partial charge is 0.278 e. The summed E-state index contributed by atoms with van der Waals surface area (Å²) in [4.78, 5) is 46.0. The maximum Gasteiger partial charge on any atom is 0.278 e. The summed E-state index contributed by atoms with van der Waals surface area (Å²) in [6.07, 6.45) is 1.99. The van der Waals surface area contributed by atoms with Crippen molar-refractivity contribution in [3.8, 4) is 0 Å². The summed E-state index contributed by atoms with van der Waals surface area (Å²) in [7, 11) is 0. The second-order valence-electron chi connectivity index (χ2n) is 4.42. The lowest BCUT2D eigenvalue weighted by Gasteiger charge is -2.22. The molecule has 1 radical (unpaired) electrons. The first-order valence-electron chi connectivity index (χ1n) is 5.94. The van der Waals surface area contributed by atoms with Gasteiger partial charge in [0.2, 0.25) is 0 Å². The number of nitrogens with zero attached hydrogens (tertiary/aromatic N) is 2. The van der Waals surface area contributed by atoms with Crippen molar-refractivity contribution in [2.45, 2.75) is 31.9 Å². The van der Waals surface area contributed by atoms with E-state index in [4.69, 9.17) is 4.74 Å². The molecule has 2 heterocycles. The molecule has 0 N–H and O–H groups in total. The van der Waals surface area contributed by atoms with Crippen molar-refractivity contribution >= 4 is 23.6 Å². The quantitative estimate of drug-likeness (QED) is 0.602. The zero-order valence-electron chi connectivity index (χ0n) is 10.4. The zero-order valence-corrected chi connectivity index (χ0v) is 10.4. The molecule has 0 bridgehead atoms. The van der Waals surface area contributed by atoms with Crippen LogP contribution in [0.5, 0.6) is 0 Å². The van der Waals surface area contributed by atoms with Crippen molar-refractivity contribution in [2.24, 2.45) is 0 Å². The van der Waals surface area contributed by atoms with Gasteiger partial charge in [-0.3, -0.25) is 24.1 Å². The van der Waals surface area contributed by atoms with E-state index < -0.39 is 17.9 Å². The van der Waals surface area contributed by atoms with Gasteiger partial charge in [-0.25, -0.2) is 0 Å². The lowest BCUT2D eigenvalue weighted by Crippen LogP contribution is -2.39. The SMILES string of the molecule is CC(CCOC1CC(=O)[N]C1=O)N1C(=O)C=CC1=O. The Morgan fingerprint density at radius 1 is 1.32 bits per heavy atom. The van der Waals surface area contributed by atoms with Crippen LogP contribution in [-0.4, -0.2) is 47.3 Å². The molecule has 0 aliphatic carbocycles. The first-order valence-corrected chi connectivity index (χ1v) is 5.94. The minimum absolute atomic E-state index is 0.0314. The Balaban J connectivity index is 1.77. The molecule has 1 saturated heterocycles. The zero-order chi connectivity index (χ0) is 14.0. The molecule has 0 aromatic rings. The molecular weight excluding hydrogens is 252 g/mol. The Kier molecular flexibility index (Phi) is 3.75. The van der Waals surface area contributed by atoms with Gasteiger partial charge in [0.05, 0.1) is 6.42 Å². The Morgan fingerprint density at radius 3 is 2.47 bits per heavy atom. The summed E-state index contributed by atoms with van der Waals surface area (Å²) in [5.74, 6) is -1.73. The third-order valence-electron chi connectivity index (χ3n) is 3.01. The fourth-order valence-electron chi connectivity index (χ4n) is 1.97. The predicted molar refractivity (Wildman–Crippen MR) is 61.6 cm³/mol. The summed E-state index contributed by atoms with van der Waals surface area (Å²) in [5, 5.41) is 3.24. The standard InChI is InChI=1S/C12H13N2O5/c1-7(14-10(16)2-3-11(14)17)4-5-19-8-6-9(15)13-12(8)18/h2-3,7-8H,4-6H2,1H3. The molecule has 2 rings (SSSR count). The normalized spacial score (nSPS) is 24.3. The third kappa shape index (κ3) is 2.87. The van der Waals surface area contributed by atoms with Gasteiger partial charge in [-0.2, -0.15) is 5.32 Å². The second kappa shape index (κ2) is 5.31. The molecule has 19 heavy (non-hydrogen) atoms. The van der Waals surface area contributed by atoms with Crippen LogP contribution in [0.25, 0.3) is 0 Å². The number of hydrogen-bond donors (Lipinski definition) is 0. The van der Waals surface area contributed by atoms with Crippen LogP contribution in [0.15, 0.2) is 12.2 Å². The van der Waals surface area contributed by atoms with E-state index in [9.17, 15) is 19.2 Å². The van der Waals surface area contributed by atoms with Gasteiger partial charge in [-0.1, -0.05) is 0 Å². The topological polar surface area (TPSA) is 94.8 Å². The molecule has 2 aliphatic rings. The van der Waals surface area contributed by atoms with Gasteiger partial charge in [0.1, 0.15) is 6.10 Å². The number of ether oxygens (including phenoxy) is 1. The van der Waals surface area contributed by atoms with Crippen LogP contribution in [0.1, 0.15) is 19.8 Å². The number of carbonyl (C=O) groups excluding carboxylic acids is 4. The van der Waals surface area contributed by atoms with E-state index in [0.29, 0.717) is 6.42 Å². The van der Waals surface area contributed by atoms with E-state index in [0.717, 1.165) is 4.90 Å². The molecule has 101 valence electrons. The average molecular weight is 265 g/mol. The summed E-state index contributed by atoms with van der Waals surface area (Å²) in [5.41, 5.74) is 0. The molecular formula is C12H13N2O5. The van der Waals surface area contributed by atoms with Crippen molar-refractivity contribution in [1.82, 2.24) is 10.2 Å². The fourth-order valence-corrected chi connectivity index (χ4v) is 1.97. The summed E-state index contributed by atoms with van der Waals surface area (Å²) in [6, 6.07) is -0.320. The first-order chi connectivity index (χ1) is 8.99. The first kappa shape index (κ1) is 13.4. The minimum Gasteiger partial charge on any atom is -0.368 e. The van der Waals surface area contributed by atoms with Crippen molar-refractivity contribution in [3.05, 3.63) is 12.2 Å². The van der Waals surface area contributed by atoms with E-state index in [1.807, 2.05) is 0 Å². The second-order valence-corrected chi connectivity index (χ2v) is 4.42. The highest BCUT2D eigenvalue weighted by Gasteiger charge is 2.34. The molecule has 2 atom stereocenters. The van der Waals surface area contributed by atoms with Crippen LogP contribution >= 0.6 is 0 Å². The predicted octanol–water partition coefficient (Wildman–Crippen LogP) is -0.864. The highest BCUT2D eigenvalue weighted by atomic mass is 16.5. The molecule has 7 nitrogen and oxygen atoms in total. The average Bonchev–Trinajstić information content (AvgIpc) is 2.82. The highest BCUT2D eigenvalue weighted by Crippen LogP contribution is 2.13. The number of hydrogen-bond acceptors (Lipinski definition) is 5. The van der Waals surface area contributed by atoms with E-state index in [1.165, 1.54) is 12.2 Å². The Labute approximate surface area is 109 Å². The van der Waals surface area contributed by atoms with E-state index in [2.05, 4.69) is 5.32 Å². The Bertz CT molecular complexity index is 453. The lowest BCUT2D eigenvalue weighted by molar-refractivity contribution is -0.140. The highest BCUT2D eigenvalue weighted by molar-refractivity contribution is 6.13. The summed E-state index contributed by atoms with van der Waals surface area (Å²) < 4.78 is 5.25. The molecule has 0 aromatic carbocycles. The van der Waals surface area contributed by atoms with Gasteiger partial charge in [-0.05, 0) is 13.3 Å². The van der Waals surface area contributed by atoms with Gasteiger partial charge in [-0.15, -0.1) is 0 Å². The monoisotopic (exact) mass is 265 g/mol. The molecule has 1 fully saturated rings. The molecule has 2 unspecified atom stereocenters. The van der Waals surface area contributed by atoms with Crippen LogP contribution in [0, 0.1) is 0 Å². The molecule has 0 spiro atoms. The van der Waals surface area contributed by atoms with E-state index in [-0.39, 0.29) is 30.9 Å². The van der Waals surface area contributed by atoms with Crippen LogP contribution in [0.3, 0.4) is 0 Å². The summed E-state index contributed by atoms with van der Waals surface area (Å²) in [6.45, 7) is 1.90. The molecule has 4 amide bonds. The Morgan fingerprint density at radius 2 is 1.95 bits per heavy atom. The molecule has 7 heteroatoms. The number of amides is 4. The fraction of sp³-hybridized carbons (Fsp3) is 0.500. The largest absolute Gasteiger partial charge is 0.368 e. The number of carbonyl (C=O) groups is 4. The maximum absolute atomic E-state index is 11.4. The van der Waals surface area contributed by atoms with Crippen molar-refractivity contribution in [1.29, 1.82) is 0 Å². The van der Waals surface area contributed by atoms with Crippen molar-refractivity contribution < 1.29 is 23.9 Å². The minimum atomic E-state index is -0.817. The van der Waals surface area contributed by atoms with Gasteiger partial charge >= 0.3 is 0 Å². The summed E-state index contributed by atoms with van der Waals surface area (Å²) >= 11 is 0. The van der Waals surface area contributed by atoms with Crippen molar-refractivity contribution in [2.75, 3.05) is 6.61 Å². The molecule has 0 aromatic heterocycles. The number of rotatable bonds is 5. The van der Waals surface area contributed by atoms with Gasteiger partial charge in [0, 0.05) is 24.8 Å². The molecule has 0 saturated carbocycles. The van der Waals surface area contributed by atoms with E-state index >= 15 is 0 Å². The van der Waals surface area contributed by atoms with Gasteiger partial charge < -0.3 is 4.74 Å². The third-order valence-corrected chi connectivity index (χ3v) is 3.01. The van der Waals surface area contributed by atoms with Gasteiger partial charge in [0.15, 0.2) is 0 Å². The molecule has 2 aliphatic heterocycles. The number of imide groups is 2. The van der Waals surface area contributed by atoms with Crippen LogP contribution in [-0.2, 0) is 23.9 Å². The van der Waals surface area contributed by atoms with Crippen LogP contribution in [0.4, 0.5) is 0 Å². The van der Waals surface area contributed by atoms with Gasteiger partial charge in [0.25, 0.3) is 23.6 Å².